The lowest BCUT2D eigenvalue weighted by molar-refractivity contribution is -0.122. The Morgan fingerprint density at radius 1 is 1.28 bits per heavy atom. The van der Waals surface area contributed by atoms with Gasteiger partial charge in [-0.1, -0.05) is 31.4 Å². The molecule has 0 aliphatic heterocycles. The minimum atomic E-state index is -0.296. The Morgan fingerprint density at radius 3 is 2.83 bits per heavy atom. The Kier molecular flexibility index (Phi) is 5.17. The molecule has 1 N–H and O–H groups in total. The zero-order chi connectivity index (χ0) is 20.4. The molecule has 152 valence electrons. The van der Waals surface area contributed by atoms with E-state index in [1.807, 2.05) is 6.07 Å². The van der Waals surface area contributed by atoms with Crippen LogP contribution in [0.1, 0.15) is 37.7 Å². The zero-order valence-electron chi connectivity index (χ0n) is 16.4. The first-order valence-corrected chi connectivity index (χ1v) is 9.88. The van der Waals surface area contributed by atoms with Crippen molar-refractivity contribution < 1.29 is 9.18 Å². The second-order valence-corrected chi connectivity index (χ2v) is 7.81. The number of carbonyl (C=O) groups is 1. The topological polar surface area (TPSA) is 81.8 Å². The van der Waals surface area contributed by atoms with Crippen LogP contribution >= 0.6 is 0 Å². The fourth-order valence-electron chi connectivity index (χ4n) is 4.27. The number of aromatic nitrogens is 4. The molecule has 1 aliphatic rings. The molecular weight excluding hydrogens is 373 g/mol. The summed E-state index contributed by atoms with van der Waals surface area (Å²) >= 11 is 0. The summed E-state index contributed by atoms with van der Waals surface area (Å²) in [6.07, 6.45) is 7.88. The third-order valence-electron chi connectivity index (χ3n) is 5.90. The summed E-state index contributed by atoms with van der Waals surface area (Å²) < 4.78 is 16.6. The SMILES string of the molecule is Cn1ncc2c(=O)n(CC(=O)NCC3(c4cccc(F)c4)CCCCC3)cnc21. The van der Waals surface area contributed by atoms with E-state index in [0.717, 1.165) is 37.7 Å². The van der Waals surface area contributed by atoms with Crippen molar-refractivity contribution in [2.75, 3.05) is 6.54 Å². The molecule has 0 unspecified atom stereocenters. The van der Waals surface area contributed by atoms with Crippen LogP contribution in [0.4, 0.5) is 4.39 Å². The molecule has 1 saturated carbocycles. The van der Waals surface area contributed by atoms with E-state index in [-0.39, 0.29) is 29.2 Å². The van der Waals surface area contributed by atoms with Gasteiger partial charge in [0.25, 0.3) is 5.56 Å². The quantitative estimate of drug-likeness (QED) is 0.716. The zero-order valence-corrected chi connectivity index (χ0v) is 16.4. The van der Waals surface area contributed by atoms with Crippen molar-refractivity contribution in [3.63, 3.8) is 0 Å². The fraction of sp³-hybridized carbons (Fsp3) is 0.429. The lowest BCUT2D eigenvalue weighted by Crippen LogP contribution is -2.44. The second-order valence-electron chi connectivity index (χ2n) is 7.81. The smallest absolute Gasteiger partial charge is 0.264 e. The summed E-state index contributed by atoms with van der Waals surface area (Å²) in [5.74, 6) is -0.528. The third kappa shape index (κ3) is 3.79. The van der Waals surface area contributed by atoms with E-state index < -0.39 is 0 Å². The summed E-state index contributed by atoms with van der Waals surface area (Å²) in [5, 5.41) is 7.39. The highest BCUT2D eigenvalue weighted by Gasteiger charge is 2.34. The second kappa shape index (κ2) is 7.77. The minimum absolute atomic E-state index is 0.115. The van der Waals surface area contributed by atoms with Gasteiger partial charge in [0.05, 0.1) is 6.20 Å². The van der Waals surface area contributed by atoms with Crippen LogP contribution in [-0.4, -0.2) is 31.8 Å². The van der Waals surface area contributed by atoms with Gasteiger partial charge in [0.15, 0.2) is 5.65 Å². The van der Waals surface area contributed by atoms with Crippen LogP contribution < -0.4 is 10.9 Å². The van der Waals surface area contributed by atoms with Crippen LogP contribution in [-0.2, 0) is 23.8 Å². The van der Waals surface area contributed by atoms with Gasteiger partial charge in [-0.15, -0.1) is 0 Å². The molecule has 7 nitrogen and oxygen atoms in total. The van der Waals surface area contributed by atoms with Crippen LogP contribution in [0.15, 0.2) is 41.6 Å². The first-order chi connectivity index (χ1) is 14.0. The van der Waals surface area contributed by atoms with Gasteiger partial charge in [-0.2, -0.15) is 5.10 Å². The van der Waals surface area contributed by atoms with Crippen molar-refractivity contribution >= 4 is 16.9 Å². The van der Waals surface area contributed by atoms with E-state index in [1.54, 1.807) is 19.2 Å². The number of rotatable bonds is 5. The molecule has 0 bridgehead atoms. The lowest BCUT2D eigenvalue weighted by atomic mass is 9.69. The van der Waals surface area contributed by atoms with Gasteiger partial charge in [0.2, 0.25) is 5.91 Å². The number of benzene rings is 1. The number of halogens is 1. The molecule has 1 fully saturated rings. The molecule has 2 aromatic heterocycles. The van der Waals surface area contributed by atoms with E-state index >= 15 is 0 Å². The fourth-order valence-corrected chi connectivity index (χ4v) is 4.27. The number of hydrogen-bond acceptors (Lipinski definition) is 4. The Balaban J connectivity index is 1.50. The molecule has 0 atom stereocenters. The van der Waals surface area contributed by atoms with Gasteiger partial charge in [-0.3, -0.25) is 18.8 Å². The predicted molar refractivity (Wildman–Crippen MR) is 107 cm³/mol. The van der Waals surface area contributed by atoms with E-state index in [0.29, 0.717) is 17.6 Å². The van der Waals surface area contributed by atoms with E-state index in [1.165, 1.54) is 27.8 Å². The van der Waals surface area contributed by atoms with E-state index in [2.05, 4.69) is 15.4 Å². The van der Waals surface area contributed by atoms with Crippen molar-refractivity contribution in [3.8, 4) is 0 Å². The monoisotopic (exact) mass is 397 g/mol. The molecule has 4 rings (SSSR count). The van der Waals surface area contributed by atoms with Gasteiger partial charge < -0.3 is 5.32 Å². The highest BCUT2D eigenvalue weighted by molar-refractivity contribution is 5.77. The maximum Gasteiger partial charge on any atom is 0.264 e. The molecule has 1 amide bonds. The van der Waals surface area contributed by atoms with E-state index in [4.69, 9.17) is 0 Å². The van der Waals surface area contributed by atoms with E-state index in [9.17, 15) is 14.0 Å². The molecule has 1 aromatic carbocycles. The van der Waals surface area contributed by atoms with Crippen molar-refractivity contribution in [2.45, 2.75) is 44.1 Å². The Bertz CT molecular complexity index is 1100. The van der Waals surface area contributed by atoms with Crippen molar-refractivity contribution in [1.29, 1.82) is 0 Å². The number of nitrogens with zero attached hydrogens (tertiary/aromatic N) is 4. The Labute approximate surface area is 167 Å². The van der Waals surface area contributed by atoms with Gasteiger partial charge in [-0.05, 0) is 30.5 Å². The van der Waals surface area contributed by atoms with Crippen LogP contribution in [0, 0.1) is 5.82 Å². The molecule has 1 aliphatic carbocycles. The molecule has 0 spiro atoms. The van der Waals surface area contributed by atoms with Gasteiger partial charge in [-0.25, -0.2) is 9.37 Å². The molecule has 2 heterocycles. The van der Waals surface area contributed by atoms with Crippen LogP contribution in [0.5, 0.6) is 0 Å². The summed E-state index contributed by atoms with van der Waals surface area (Å²) in [4.78, 5) is 29.4. The van der Waals surface area contributed by atoms with Crippen molar-refractivity contribution in [3.05, 3.63) is 58.5 Å². The van der Waals surface area contributed by atoms with Crippen molar-refractivity contribution in [1.82, 2.24) is 24.6 Å². The summed E-state index contributed by atoms with van der Waals surface area (Å²) in [6.45, 7) is 0.308. The standard InChI is InChI=1S/C21H24FN5O2/c1-26-19-17(11-25-26)20(29)27(14-24-19)12-18(28)23-13-21(8-3-2-4-9-21)15-6-5-7-16(22)10-15/h5-7,10-11,14H,2-4,8-9,12-13H2,1H3,(H,23,28). The van der Waals surface area contributed by atoms with Gasteiger partial charge in [0, 0.05) is 19.0 Å². The summed E-state index contributed by atoms with van der Waals surface area (Å²) in [5.41, 5.74) is 0.842. The van der Waals surface area contributed by atoms with Crippen LogP contribution in [0.2, 0.25) is 0 Å². The number of fused-ring (bicyclic) bond motifs is 1. The Hall–Kier alpha value is -3.03. The molecule has 8 heteroatoms. The molecule has 3 aromatic rings. The maximum atomic E-state index is 13.8. The maximum absolute atomic E-state index is 13.8. The van der Waals surface area contributed by atoms with Crippen molar-refractivity contribution in [2.24, 2.45) is 7.05 Å². The summed E-state index contributed by atoms with van der Waals surface area (Å²) in [7, 11) is 1.71. The predicted octanol–water partition coefficient (Wildman–Crippen LogP) is 2.29. The van der Waals surface area contributed by atoms with Gasteiger partial charge >= 0.3 is 0 Å². The average Bonchev–Trinajstić information content (AvgIpc) is 3.11. The molecular formula is C21H24FN5O2. The van der Waals surface area contributed by atoms with Crippen LogP contribution in [0.25, 0.3) is 11.0 Å². The first kappa shape index (κ1) is 19.3. The highest BCUT2D eigenvalue weighted by Crippen LogP contribution is 2.39. The number of nitrogens with one attached hydrogen (secondary N) is 1. The molecule has 0 radical (unpaired) electrons. The number of aryl methyl sites for hydroxylation is 1. The Morgan fingerprint density at radius 2 is 2.07 bits per heavy atom. The lowest BCUT2D eigenvalue weighted by Gasteiger charge is -2.38. The summed E-state index contributed by atoms with van der Waals surface area (Å²) in [6, 6.07) is 6.66. The first-order valence-electron chi connectivity index (χ1n) is 9.88. The minimum Gasteiger partial charge on any atom is -0.354 e. The van der Waals surface area contributed by atoms with Crippen LogP contribution in [0.3, 0.4) is 0 Å². The third-order valence-corrected chi connectivity index (χ3v) is 5.90. The number of hydrogen-bond donors (Lipinski definition) is 1. The normalized spacial score (nSPS) is 16.1. The largest absolute Gasteiger partial charge is 0.354 e. The molecule has 0 saturated heterocycles. The van der Waals surface area contributed by atoms with Gasteiger partial charge in [0.1, 0.15) is 24.1 Å². The molecule has 29 heavy (non-hydrogen) atoms. The average molecular weight is 397 g/mol. The highest BCUT2D eigenvalue weighted by atomic mass is 19.1. The number of carbonyl (C=O) groups excluding carboxylic acids is 1. The number of amides is 1.